The third-order valence-corrected chi connectivity index (χ3v) is 4.81. The Balaban J connectivity index is 1.93. The van der Waals surface area contributed by atoms with Crippen molar-refractivity contribution in [3.63, 3.8) is 0 Å². The van der Waals surface area contributed by atoms with Gasteiger partial charge in [-0.25, -0.2) is 27.8 Å². The van der Waals surface area contributed by atoms with Crippen molar-refractivity contribution in [2.45, 2.75) is 11.8 Å². The Morgan fingerprint density at radius 1 is 1.21 bits per heavy atom. The maximum absolute atomic E-state index is 13.2. The summed E-state index contributed by atoms with van der Waals surface area (Å²) in [7, 11) is -3.96. The van der Waals surface area contributed by atoms with Crippen LogP contribution in [-0.2, 0) is 10.0 Å². The second-order valence-corrected chi connectivity index (χ2v) is 6.88. The van der Waals surface area contributed by atoms with Crippen molar-refractivity contribution in [1.82, 2.24) is 19.5 Å². The predicted molar refractivity (Wildman–Crippen MR) is 86.1 cm³/mol. The highest BCUT2D eigenvalue weighted by Gasteiger charge is 2.17. The Morgan fingerprint density at radius 2 is 2.00 bits per heavy atom. The average Bonchev–Trinajstić information content (AvgIpc) is 2.96. The SMILES string of the molecule is Cc1nccn1-c1cc(NS(=O)(=O)c2ccc(F)c(Cl)c2)ncn1. The number of anilines is 1. The van der Waals surface area contributed by atoms with E-state index in [9.17, 15) is 12.8 Å². The lowest BCUT2D eigenvalue weighted by Gasteiger charge is -2.09. The summed E-state index contributed by atoms with van der Waals surface area (Å²) in [6.07, 6.45) is 4.52. The summed E-state index contributed by atoms with van der Waals surface area (Å²) < 4.78 is 41.9. The van der Waals surface area contributed by atoms with E-state index < -0.39 is 15.8 Å². The highest BCUT2D eigenvalue weighted by molar-refractivity contribution is 7.92. The Labute approximate surface area is 142 Å². The molecule has 0 radical (unpaired) electrons. The topological polar surface area (TPSA) is 89.8 Å². The van der Waals surface area contributed by atoms with E-state index in [-0.39, 0.29) is 15.7 Å². The number of aromatic nitrogens is 4. The van der Waals surface area contributed by atoms with Gasteiger partial charge in [0, 0.05) is 18.5 Å². The molecule has 3 aromatic rings. The normalized spacial score (nSPS) is 11.5. The molecule has 0 amide bonds. The number of halogens is 2. The predicted octanol–water partition coefficient (Wildman–Crippen LogP) is 2.56. The minimum Gasteiger partial charge on any atom is -0.288 e. The molecule has 0 unspecified atom stereocenters. The molecule has 7 nitrogen and oxygen atoms in total. The third-order valence-electron chi connectivity index (χ3n) is 3.17. The largest absolute Gasteiger partial charge is 0.288 e. The molecule has 0 atom stereocenters. The van der Waals surface area contributed by atoms with Crippen molar-refractivity contribution in [2.24, 2.45) is 0 Å². The van der Waals surface area contributed by atoms with Crippen molar-refractivity contribution in [1.29, 1.82) is 0 Å². The van der Waals surface area contributed by atoms with E-state index in [1.807, 2.05) is 0 Å². The zero-order valence-corrected chi connectivity index (χ0v) is 13.9. The second kappa shape index (κ2) is 6.17. The van der Waals surface area contributed by atoms with E-state index in [0.29, 0.717) is 11.6 Å². The van der Waals surface area contributed by atoms with Crippen molar-refractivity contribution < 1.29 is 12.8 Å². The van der Waals surface area contributed by atoms with Gasteiger partial charge in [0.1, 0.15) is 29.6 Å². The average molecular weight is 368 g/mol. The molecule has 1 aromatic carbocycles. The van der Waals surface area contributed by atoms with Crippen molar-refractivity contribution >= 4 is 27.4 Å². The molecule has 0 bridgehead atoms. The van der Waals surface area contributed by atoms with Gasteiger partial charge in [0.15, 0.2) is 0 Å². The summed E-state index contributed by atoms with van der Waals surface area (Å²) in [6, 6.07) is 4.58. The van der Waals surface area contributed by atoms with E-state index in [2.05, 4.69) is 19.7 Å². The van der Waals surface area contributed by atoms with Crippen LogP contribution in [-0.4, -0.2) is 27.9 Å². The molecule has 0 aliphatic heterocycles. The Morgan fingerprint density at radius 3 is 2.67 bits per heavy atom. The molecule has 0 saturated heterocycles. The third kappa shape index (κ3) is 3.22. The molecule has 0 aliphatic carbocycles. The molecule has 10 heteroatoms. The van der Waals surface area contributed by atoms with Crippen LogP contribution in [0.1, 0.15) is 5.82 Å². The number of aryl methyl sites for hydroxylation is 1. The van der Waals surface area contributed by atoms with Crippen LogP contribution >= 0.6 is 11.6 Å². The van der Waals surface area contributed by atoms with E-state index in [0.717, 1.165) is 18.2 Å². The highest BCUT2D eigenvalue weighted by Crippen LogP contribution is 2.21. The van der Waals surface area contributed by atoms with E-state index >= 15 is 0 Å². The number of hydrogen-bond acceptors (Lipinski definition) is 5. The molecule has 124 valence electrons. The monoisotopic (exact) mass is 367 g/mol. The van der Waals surface area contributed by atoms with Crippen LogP contribution in [0.4, 0.5) is 10.2 Å². The van der Waals surface area contributed by atoms with Gasteiger partial charge in [-0.2, -0.15) is 0 Å². The molecular weight excluding hydrogens is 357 g/mol. The number of nitrogens with one attached hydrogen (secondary N) is 1. The van der Waals surface area contributed by atoms with Crippen LogP contribution in [0.5, 0.6) is 0 Å². The standard InChI is InChI=1S/C14H11ClFN5O2S/c1-9-17-4-5-21(9)14-7-13(18-8-19-14)20-24(22,23)10-2-3-12(16)11(15)6-10/h2-8H,1H3,(H,18,19,20). The van der Waals surface area contributed by atoms with Crippen LogP contribution in [0.3, 0.4) is 0 Å². The number of nitrogens with zero attached hydrogens (tertiary/aromatic N) is 4. The minimum absolute atomic E-state index is 0.0635. The summed E-state index contributed by atoms with van der Waals surface area (Å²) in [4.78, 5) is 11.9. The van der Waals surface area contributed by atoms with Gasteiger partial charge in [-0.15, -0.1) is 0 Å². The fourth-order valence-electron chi connectivity index (χ4n) is 2.00. The molecule has 3 rings (SSSR count). The van der Waals surface area contributed by atoms with Gasteiger partial charge in [0.2, 0.25) is 0 Å². The van der Waals surface area contributed by atoms with Gasteiger partial charge >= 0.3 is 0 Å². The molecular formula is C14H11ClFN5O2S. The van der Waals surface area contributed by atoms with Crippen LogP contribution in [0.15, 0.2) is 47.9 Å². The van der Waals surface area contributed by atoms with Crippen LogP contribution in [0.2, 0.25) is 5.02 Å². The Bertz CT molecular complexity index is 1010. The Hall–Kier alpha value is -2.52. The molecule has 24 heavy (non-hydrogen) atoms. The van der Waals surface area contributed by atoms with Crippen LogP contribution in [0.25, 0.3) is 5.82 Å². The van der Waals surface area contributed by atoms with Gasteiger partial charge in [-0.3, -0.25) is 9.29 Å². The first-order valence-corrected chi connectivity index (χ1v) is 8.53. The van der Waals surface area contributed by atoms with E-state index in [4.69, 9.17) is 11.6 Å². The van der Waals surface area contributed by atoms with Crippen molar-refractivity contribution in [2.75, 3.05) is 4.72 Å². The molecule has 2 heterocycles. The number of hydrogen-bond donors (Lipinski definition) is 1. The van der Waals surface area contributed by atoms with Crippen LogP contribution in [0, 0.1) is 12.7 Å². The van der Waals surface area contributed by atoms with Gasteiger partial charge in [-0.1, -0.05) is 11.6 Å². The summed E-state index contributed by atoms with van der Waals surface area (Å²) in [6.45, 7) is 1.78. The number of imidazole rings is 1. The molecule has 0 aliphatic rings. The maximum Gasteiger partial charge on any atom is 0.263 e. The second-order valence-electron chi connectivity index (χ2n) is 4.79. The number of rotatable bonds is 4. The lowest BCUT2D eigenvalue weighted by atomic mass is 10.3. The first-order chi connectivity index (χ1) is 11.4. The smallest absolute Gasteiger partial charge is 0.263 e. The Kier molecular flexibility index (Phi) is 4.20. The quantitative estimate of drug-likeness (QED) is 0.765. The maximum atomic E-state index is 13.2. The minimum atomic E-state index is -3.96. The van der Waals surface area contributed by atoms with Gasteiger partial charge in [-0.05, 0) is 25.1 Å². The molecule has 1 N–H and O–H groups in total. The molecule has 2 aromatic heterocycles. The lowest BCUT2D eigenvalue weighted by molar-refractivity contribution is 0.599. The fraction of sp³-hybridized carbons (Fsp3) is 0.0714. The fourth-order valence-corrected chi connectivity index (χ4v) is 3.27. The molecule has 0 spiro atoms. The van der Waals surface area contributed by atoms with Crippen molar-refractivity contribution in [3.05, 3.63) is 59.7 Å². The first-order valence-electron chi connectivity index (χ1n) is 6.67. The summed E-state index contributed by atoms with van der Waals surface area (Å²) in [5.41, 5.74) is 0. The first kappa shape index (κ1) is 16.3. The summed E-state index contributed by atoms with van der Waals surface area (Å²) in [5, 5.41) is -0.282. The zero-order chi connectivity index (χ0) is 17.3. The van der Waals surface area contributed by atoms with Gasteiger partial charge in [0.25, 0.3) is 10.0 Å². The summed E-state index contributed by atoms with van der Waals surface area (Å²) >= 11 is 5.63. The number of sulfonamides is 1. The highest BCUT2D eigenvalue weighted by atomic mass is 35.5. The molecule has 0 saturated carbocycles. The van der Waals surface area contributed by atoms with E-state index in [1.165, 1.54) is 12.4 Å². The number of benzene rings is 1. The van der Waals surface area contributed by atoms with Gasteiger partial charge in [0.05, 0.1) is 9.92 Å². The molecule has 0 fully saturated rings. The van der Waals surface area contributed by atoms with Gasteiger partial charge < -0.3 is 0 Å². The van der Waals surface area contributed by atoms with Crippen LogP contribution < -0.4 is 4.72 Å². The summed E-state index contributed by atoms with van der Waals surface area (Å²) in [5.74, 6) is 0.506. The zero-order valence-electron chi connectivity index (χ0n) is 12.3. The lowest BCUT2D eigenvalue weighted by Crippen LogP contribution is -2.14. The van der Waals surface area contributed by atoms with E-state index in [1.54, 1.807) is 23.9 Å². The van der Waals surface area contributed by atoms with Crippen molar-refractivity contribution in [3.8, 4) is 5.82 Å².